The molecule has 14 heavy (non-hydrogen) atoms. The van der Waals surface area contributed by atoms with Crippen molar-refractivity contribution in [1.29, 1.82) is 0 Å². The van der Waals surface area contributed by atoms with Gasteiger partial charge in [0.25, 0.3) is 5.91 Å². The van der Waals surface area contributed by atoms with E-state index in [0.717, 1.165) is 0 Å². The lowest BCUT2D eigenvalue weighted by Gasteiger charge is -2.02. The van der Waals surface area contributed by atoms with Crippen LogP contribution in [0.4, 0.5) is 5.82 Å². The third-order valence-corrected chi connectivity index (χ3v) is 1.96. The summed E-state index contributed by atoms with van der Waals surface area (Å²) in [5.41, 5.74) is 11.7. The van der Waals surface area contributed by atoms with Crippen LogP contribution in [-0.4, -0.2) is 15.9 Å². The predicted molar refractivity (Wildman–Crippen MR) is 52.5 cm³/mol. The fraction of sp³-hybridized carbons (Fsp3) is 0. The van der Waals surface area contributed by atoms with Crippen LogP contribution < -0.4 is 11.5 Å². The number of carbonyl (C=O) groups excluding carboxylic acids is 1. The largest absolute Gasteiger partial charge is 0.383 e. The first kappa shape index (κ1) is 8.43. The van der Waals surface area contributed by atoms with Crippen LogP contribution in [-0.2, 0) is 0 Å². The number of hydrogen-bond donors (Lipinski definition) is 2. The van der Waals surface area contributed by atoms with Crippen molar-refractivity contribution < 1.29 is 4.79 Å². The number of nitrogen functional groups attached to an aromatic ring is 1. The molecule has 0 spiro atoms. The van der Waals surface area contributed by atoms with E-state index in [-0.39, 0.29) is 0 Å². The second-order valence-corrected chi connectivity index (χ2v) is 2.82. The molecule has 2 aromatic rings. The number of anilines is 1. The van der Waals surface area contributed by atoms with Crippen molar-refractivity contribution in [2.45, 2.75) is 0 Å². The minimum atomic E-state index is -0.520. The van der Waals surface area contributed by atoms with Gasteiger partial charge in [0.15, 0.2) is 0 Å². The zero-order valence-electron chi connectivity index (χ0n) is 7.27. The van der Waals surface area contributed by atoms with E-state index in [1.807, 2.05) is 0 Å². The smallest absolute Gasteiger partial charge is 0.250 e. The first-order valence-corrected chi connectivity index (χ1v) is 3.99. The van der Waals surface area contributed by atoms with Gasteiger partial charge in [-0.05, 0) is 12.1 Å². The van der Waals surface area contributed by atoms with Crippen LogP contribution in [0.3, 0.4) is 0 Å². The third kappa shape index (κ3) is 1.15. The molecule has 70 valence electrons. The minimum absolute atomic E-state index is 0.345. The number of fused-ring (bicyclic) bond motifs is 1. The van der Waals surface area contributed by atoms with Crippen molar-refractivity contribution in [3.8, 4) is 0 Å². The van der Waals surface area contributed by atoms with Gasteiger partial charge in [-0.25, -0.2) is 9.97 Å². The van der Waals surface area contributed by atoms with Crippen LogP contribution in [0.15, 0.2) is 24.5 Å². The molecule has 0 unspecified atom stereocenters. The molecule has 0 atom stereocenters. The molecule has 1 amide bonds. The molecule has 1 aromatic heterocycles. The number of primary amides is 1. The lowest BCUT2D eigenvalue weighted by Crippen LogP contribution is -2.12. The van der Waals surface area contributed by atoms with Crippen molar-refractivity contribution in [2.75, 3.05) is 5.73 Å². The van der Waals surface area contributed by atoms with E-state index in [2.05, 4.69) is 9.97 Å². The maximum Gasteiger partial charge on any atom is 0.250 e. The number of hydrogen-bond acceptors (Lipinski definition) is 4. The van der Waals surface area contributed by atoms with Gasteiger partial charge in [0.05, 0.1) is 11.1 Å². The molecule has 1 heterocycles. The van der Waals surface area contributed by atoms with E-state index < -0.39 is 5.91 Å². The SMILES string of the molecule is NC(=O)c1cccc2c(N)ncnc12. The molecule has 0 saturated heterocycles. The maximum atomic E-state index is 11.0. The Hall–Kier alpha value is -2.17. The molecule has 0 aliphatic heterocycles. The van der Waals surface area contributed by atoms with Gasteiger partial charge in [0.2, 0.25) is 0 Å². The molecule has 0 fully saturated rings. The Bertz CT molecular complexity index is 509. The fourth-order valence-corrected chi connectivity index (χ4v) is 1.31. The van der Waals surface area contributed by atoms with Crippen LogP contribution in [0.25, 0.3) is 10.9 Å². The average molecular weight is 188 g/mol. The van der Waals surface area contributed by atoms with Gasteiger partial charge in [-0.2, -0.15) is 0 Å². The van der Waals surface area contributed by atoms with Gasteiger partial charge >= 0.3 is 0 Å². The lowest BCUT2D eigenvalue weighted by atomic mass is 10.1. The van der Waals surface area contributed by atoms with E-state index in [0.29, 0.717) is 22.3 Å². The van der Waals surface area contributed by atoms with Gasteiger partial charge in [0, 0.05) is 5.39 Å². The second kappa shape index (κ2) is 2.95. The van der Waals surface area contributed by atoms with Crippen molar-refractivity contribution in [3.63, 3.8) is 0 Å². The van der Waals surface area contributed by atoms with Crippen LogP contribution in [0, 0.1) is 0 Å². The van der Waals surface area contributed by atoms with Crippen molar-refractivity contribution in [1.82, 2.24) is 9.97 Å². The molecular formula is C9H8N4O. The Kier molecular flexibility index (Phi) is 1.78. The van der Waals surface area contributed by atoms with Gasteiger partial charge in [0.1, 0.15) is 12.1 Å². The Balaban J connectivity index is 2.88. The van der Waals surface area contributed by atoms with E-state index in [9.17, 15) is 4.79 Å². The number of rotatable bonds is 1. The number of benzene rings is 1. The molecule has 1 aromatic carbocycles. The number of aromatic nitrogens is 2. The number of nitrogens with two attached hydrogens (primary N) is 2. The zero-order valence-corrected chi connectivity index (χ0v) is 7.27. The number of carbonyl (C=O) groups is 1. The quantitative estimate of drug-likeness (QED) is 0.673. The zero-order chi connectivity index (χ0) is 10.1. The molecule has 0 saturated carbocycles. The Labute approximate surface area is 79.8 Å². The highest BCUT2D eigenvalue weighted by Crippen LogP contribution is 2.19. The van der Waals surface area contributed by atoms with Crippen LogP contribution in [0.5, 0.6) is 0 Å². The van der Waals surface area contributed by atoms with E-state index >= 15 is 0 Å². The topological polar surface area (TPSA) is 94.9 Å². The number of para-hydroxylation sites is 1. The van der Waals surface area contributed by atoms with Crippen molar-refractivity contribution in [3.05, 3.63) is 30.1 Å². The molecule has 5 nitrogen and oxygen atoms in total. The molecule has 4 N–H and O–H groups in total. The Morgan fingerprint density at radius 2 is 2.07 bits per heavy atom. The van der Waals surface area contributed by atoms with Crippen LogP contribution >= 0.6 is 0 Å². The fourth-order valence-electron chi connectivity index (χ4n) is 1.31. The van der Waals surface area contributed by atoms with E-state index in [1.54, 1.807) is 18.2 Å². The van der Waals surface area contributed by atoms with E-state index in [4.69, 9.17) is 11.5 Å². The van der Waals surface area contributed by atoms with Crippen molar-refractivity contribution >= 4 is 22.6 Å². The molecule has 2 rings (SSSR count). The minimum Gasteiger partial charge on any atom is -0.383 e. The number of nitrogens with zero attached hydrogens (tertiary/aromatic N) is 2. The predicted octanol–water partition coefficient (Wildman–Crippen LogP) is 0.311. The average Bonchev–Trinajstić information content (AvgIpc) is 2.17. The normalized spacial score (nSPS) is 10.3. The Morgan fingerprint density at radius 1 is 1.29 bits per heavy atom. The van der Waals surface area contributed by atoms with Gasteiger partial charge in [-0.15, -0.1) is 0 Å². The molecular weight excluding hydrogens is 180 g/mol. The lowest BCUT2D eigenvalue weighted by molar-refractivity contribution is 0.100. The summed E-state index contributed by atoms with van der Waals surface area (Å²) in [5.74, 6) is -0.174. The van der Waals surface area contributed by atoms with Gasteiger partial charge in [-0.3, -0.25) is 4.79 Å². The molecule has 0 radical (unpaired) electrons. The van der Waals surface area contributed by atoms with Crippen molar-refractivity contribution in [2.24, 2.45) is 5.73 Å². The van der Waals surface area contributed by atoms with Gasteiger partial charge < -0.3 is 11.5 Å². The maximum absolute atomic E-state index is 11.0. The monoisotopic (exact) mass is 188 g/mol. The number of amides is 1. The molecule has 0 bridgehead atoms. The highest BCUT2D eigenvalue weighted by Gasteiger charge is 2.08. The van der Waals surface area contributed by atoms with E-state index in [1.165, 1.54) is 6.33 Å². The molecule has 0 aliphatic rings. The summed E-state index contributed by atoms with van der Waals surface area (Å²) in [6.07, 6.45) is 1.31. The summed E-state index contributed by atoms with van der Waals surface area (Å²) < 4.78 is 0. The molecule has 5 heteroatoms. The first-order chi connectivity index (χ1) is 6.70. The standard InChI is InChI=1S/C9H8N4O/c10-8-5-2-1-3-6(9(11)14)7(5)12-4-13-8/h1-4H,(H2,11,14)(H2,10,12,13). The highest BCUT2D eigenvalue weighted by atomic mass is 16.1. The third-order valence-electron chi connectivity index (χ3n) is 1.96. The van der Waals surface area contributed by atoms with Crippen LogP contribution in [0.1, 0.15) is 10.4 Å². The van der Waals surface area contributed by atoms with Gasteiger partial charge in [-0.1, -0.05) is 6.07 Å². The molecule has 0 aliphatic carbocycles. The second-order valence-electron chi connectivity index (χ2n) is 2.82. The summed E-state index contributed by atoms with van der Waals surface area (Å²) in [4.78, 5) is 18.8. The highest BCUT2D eigenvalue weighted by molar-refractivity contribution is 6.06. The summed E-state index contributed by atoms with van der Waals surface area (Å²) in [6, 6.07) is 5.05. The van der Waals surface area contributed by atoms with Crippen LogP contribution in [0.2, 0.25) is 0 Å². The first-order valence-electron chi connectivity index (χ1n) is 3.99. The summed E-state index contributed by atoms with van der Waals surface area (Å²) >= 11 is 0. The Morgan fingerprint density at radius 3 is 2.79 bits per heavy atom. The summed E-state index contributed by atoms with van der Waals surface area (Å²) in [7, 11) is 0. The summed E-state index contributed by atoms with van der Waals surface area (Å²) in [5, 5.41) is 0.642. The summed E-state index contributed by atoms with van der Waals surface area (Å²) in [6.45, 7) is 0.